The molecule has 1 aliphatic heterocycles. The van der Waals surface area contributed by atoms with Gasteiger partial charge < -0.3 is 10.5 Å². The number of hydrogen-bond acceptors (Lipinski definition) is 4. The Labute approximate surface area is 144 Å². The smallest absolute Gasteiger partial charge is 0.264 e. The standard InChI is InChI=1S/C17H27N3O3S/c1-7-17(5)9-8-13-12(4)15(11(3)10(2)14(13)23-17)24(21,22)20-16(18)19-6/h7-9H2,1-6H3,(H3,18,19,20). The van der Waals surface area contributed by atoms with Gasteiger partial charge in [-0.25, -0.2) is 13.1 Å². The molecule has 3 N–H and O–H groups in total. The van der Waals surface area contributed by atoms with Crippen molar-refractivity contribution in [3.05, 3.63) is 22.3 Å². The molecule has 24 heavy (non-hydrogen) atoms. The van der Waals surface area contributed by atoms with Crippen molar-refractivity contribution in [1.82, 2.24) is 4.72 Å². The van der Waals surface area contributed by atoms with Gasteiger partial charge in [0.2, 0.25) is 5.96 Å². The minimum atomic E-state index is -3.78. The van der Waals surface area contributed by atoms with E-state index in [-0.39, 0.29) is 16.5 Å². The van der Waals surface area contributed by atoms with E-state index < -0.39 is 10.0 Å². The molecule has 2 rings (SSSR count). The molecule has 0 spiro atoms. The van der Waals surface area contributed by atoms with Crippen LogP contribution in [0.2, 0.25) is 0 Å². The van der Waals surface area contributed by atoms with E-state index in [2.05, 4.69) is 23.6 Å². The average Bonchev–Trinajstić information content (AvgIpc) is 2.52. The number of aliphatic imine (C=N–C) groups is 1. The van der Waals surface area contributed by atoms with E-state index in [4.69, 9.17) is 10.5 Å². The van der Waals surface area contributed by atoms with Gasteiger partial charge in [0.05, 0.1) is 4.90 Å². The molecule has 0 amide bonds. The van der Waals surface area contributed by atoms with Crippen LogP contribution in [0, 0.1) is 20.8 Å². The minimum absolute atomic E-state index is 0.126. The molecule has 1 atom stereocenters. The van der Waals surface area contributed by atoms with Crippen LogP contribution in [0.25, 0.3) is 0 Å². The summed E-state index contributed by atoms with van der Waals surface area (Å²) in [4.78, 5) is 3.95. The minimum Gasteiger partial charge on any atom is -0.487 e. The van der Waals surface area contributed by atoms with Gasteiger partial charge in [0.15, 0.2) is 0 Å². The number of ether oxygens (including phenoxy) is 1. The van der Waals surface area contributed by atoms with Crippen molar-refractivity contribution in [1.29, 1.82) is 0 Å². The van der Waals surface area contributed by atoms with Gasteiger partial charge in [-0.3, -0.25) is 4.99 Å². The molecule has 0 radical (unpaired) electrons. The van der Waals surface area contributed by atoms with E-state index >= 15 is 0 Å². The van der Waals surface area contributed by atoms with Crippen LogP contribution >= 0.6 is 0 Å². The van der Waals surface area contributed by atoms with Crippen molar-refractivity contribution >= 4 is 16.0 Å². The molecule has 0 saturated carbocycles. The number of rotatable bonds is 3. The second-order valence-corrected chi connectivity index (χ2v) is 8.25. The summed E-state index contributed by atoms with van der Waals surface area (Å²) in [5, 5.41) is 0. The van der Waals surface area contributed by atoms with Crippen LogP contribution in [0.5, 0.6) is 5.75 Å². The number of guanidine groups is 1. The molecule has 1 unspecified atom stereocenters. The zero-order valence-electron chi connectivity index (χ0n) is 15.3. The third-order valence-electron chi connectivity index (χ3n) is 5.06. The summed E-state index contributed by atoms with van der Waals surface area (Å²) >= 11 is 0. The summed E-state index contributed by atoms with van der Waals surface area (Å²) in [5.74, 6) is 0.704. The van der Waals surface area contributed by atoms with Crippen LogP contribution in [-0.4, -0.2) is 27.0 Å². The second kappa shape index (κ2) is 6.27. The summed E-state index contributed by atoms with van der Waals surface area (Å²) in [6, 6.07) is 0. The number of sulfonamides is 1. The molecule has 6 nitrogen and oxygen atoms in total. The summed E-state index contributed by atoms with van der Waals surface area (Å²) in [6.45, 7) is 9.75. The van der Waals surface area contributed by atoms with Crippen molar-refractivity contribution < 1.29 is 13.2 Å². The third kappa shape index (κ3) is 3.09. The van der Waals surface area contributed by atoms with Gasteiger partial charge in [-0.2, -0.15) is 0 Å². The first-order valence-electron chi connectivity index (χ1n) is 8.13. The Hall–Kier alpha value is -1.76. The normalized spacial score (nSPS) is 21.2. The van der Waals surface area contributed by atoms with Crippen LogP contribution < -0.4 is 15.2 Å². The SMILES string of the molecule is CCC1(C)CCc2c(C)c(S(=O)(=O)NC(N)=NC)c(C)c(C)c2O1. The van der Waals surface area contributed by atoms with Crippen molar-refractivity contribution in [2.45, 2.75) is 64.4 Å². The molecule has 134 valence electrons. The predicted octanol–water partition coefficient (Wildman–Crippen LogP) is 2.33. The summed E-state index contributed by atoms with van der Waals surface area (Å²) in [7, 11) is -2.35. The molecule has 7 heteroatoms. The van der Waals surface area contributed by atoms with Crippen LogP contribution in [0.3, 0.4) is 0 Å². The Morgan fingerprint density at radius 1 is 1.29 bits per heavy atom. The lowest BCUT2D eigenvalue weighted by molar-refractivity contribution is 0.0599. The summed E-state index contributed by atoms with van der Waals surface area (Å²) in [5.41, 5.74) is 8.60. The maximum absolute atomic E-state index is 12.8. The van der Waals surface area contributed by atoms with Gasteiger partial charge >= 0.3 is 0 Å². The van der Waals surface area contributed by atoms with Crippen molar-refractivity contribution in [3.8, 4) is 5.75 Å². The Balaban J connectivity index is 2.65. The number of nitrogens with two attached hydrogens (primary N) is 1. The molecule has 1 heterocycles. The van der Waals surface area contributed by atoms with E-state index in [1.807, 2.05) is 13.8 Å². The third-order valence-corrected chi connectivity index (χ3v) is 6.69. The topological polar surface area (TPSA) is 93.8 Å². The van der Waals surface area contributed by atoms with Crippen molar-refractivity contribution in [3.63, 3.8) is 0 Å². The van der Waals surface area contributed by atoms with E-state index in [1.54, 1.807) is 6.92 Å². The van der Waals surface area contributed by atoms with Gasteiger partial charge in [0.1, 0.15) is 11.4 Å². The number of nitrogens with one attached hydrogen (secondary N) is 1. The highest BCUT2D eigenvalue weighted by atomic mass is 32.2. The Kier molecular flexibility index (Phi) is 4.86. The maximum atomic E-state index is 12.8. The zero-order chi connectivity index (χ0) is 18.3. The molecule has 0 saturated heterocycles. The van der Waals surface area contributed by atoms with Gasteiger partial charge in [-0.1, -0.05) is 6.92 Å². The van der Waals surface area contributed by atoms with Crippen LogP contribution in [0.4, 0.5) is 0 Å². The second-order valence-electron chi connectivity index (χ2n) is 6.63. The maximum Gasteiger partial charge on any atom is 0.264 e. The molecule has 1 aromatic carbocycles. The lowest BCUT2D eigenvalue weighted by atomic mass is 9.86. The van der Waals surface area contributed by atoms with Gasteiger partial charge in [0.25, 0.3) is 10.0 Å². The number of fused-ring (bicyclic) bond motifs is 1. The highest BCUT2D eigenvalue weighted by Gasteiger charge is 2.35. The fourth-order valence-corrected chi connectivity index (χ4v) is 4.72. The van der Waals surface area contributed by atoms with Gasteiger partial charge in [0, 0.05) is 7.05 Å². The highest BCUT2D eigenvalue weighted by molar-refractivity contribution is 7.90. The zero-order valence-corrected chi connectivity index (χ0v) is 16.1. The molecule has 0 bridgehead atoms. The number of benzene rings is 1. The molecule has 0 aliphatic carbocycles. The van der Waals surface area contributed by atoms with Crippen molar-refractivity contribution in [2.24, 2.45) is 10.7 Å². The first-order valence-corrected chi connectivity index (χ1v) is 9.61. The molecular formula is C17H27N3O3S. The lowest BCUT2D eigenvalue weighted by Gasteiger charge is -2.37. The predicted molar refractivity (Wildman–Crippen MR) is 96.2 cm³/mol. The molecular weight excluding hydrogens is 326 g/mol. The molecule has 0 fully saturated rings. The number of hydrogen-bond donors (Lipinski definition) is 2. The Morgan fingerprint density at radius 3 is 2.46 bits per heavy atom. The summed E-state index contributed by atoms with van der Waals surface area (Å²) in [6.07, 6.45) is 2.58. The van der Waals surface area contributed by atoms with Crippen LogP contribution in [0.15, 0.2) is 9.89 Å². The Morgan fingerprint density at radius 2 is 1.92 bits per heavy atom. The van der Waals surface area contributed by atoms with E-state index in [1.165, 1.54) is 7.05 Å². The van der Waals surface area contributed by atoms with Crippen LogP contribution in [0.1, 0.15) is 48.9 Å². The van der Waals surface area contributed by atoms with Gasteiger partial charge in [-0.05, 0) is 69.2 Å². The molecule has 1 aliphatic rings. The monoisotopic (exact) mass is 353 g/mol. The van der Waals surface area contributed by atoms with E-state index in [9.17, 15) is 8.42 Å². The fraction of sp³-hybridized carbons (Fsp3) is 0.588. The Bertz CT molecular complexity index is 800. The van der Waals surface area contributed by atoms with Gasteiger partial charge in [-0.15, -0.1) is 0 Å². The largest absolute Gasteiger partial charge is 0.487 e. The first-order chi connectivity index (χ1) is 11.1. The van der Waals surface area contributed by atoms with Crippen LogP contribution in [-0.2, 0) is 16.4 Å². The highest BCUT2D eigenvalue weighted by Crippen LogP contribution is 2.42. The fourth-order valence-electron chi connectivity index (χ4n) is 3.17. The van der Waals surface area contributed by atoms with E-state index in [0.717, 1.165) is 41.7 Å². The molecule has 0 aromatic heterocycles. The van der Waals surface area contributed by atoms with Crippen molar-refractivity contribution in [2.75, 3.05) is 7.05 Å². The quantitative estimate of drug-likeness (QED) is 0.644. The van der Waals surface area contributed by atoms with E-state index in [0.29, 0.717) is 5.56 Å². The number of nitrogens with zero attached hydrogens (tertiary/aromatic N) is 1. The summed E-state index contributed by atoms with van der Waals surface area (Å²) < 4.78 is 34.1. The average molecular weight is 353 g/mol. The lowest BCUT2D eigenvalue weighted by Crippen LogP contribution is -2.39. The first kappa shape index (κ1) is 18.6. The molecule has 1 aromatic rings.